The molecule has 1 atom stereocenters. The highest BCUT2D eigenvalue weighted by Gasteiger charge is 2.48. The van der Waals surface area contributed by atoms with E-state index in [1.54, 1.807) is 49.4 Å². The predicted molar refractivity (Wildman–Crippen MR) is 160 cm³/mol. The number of methoxy groups -OCH3 is 4. The largest absolute Gasteiger partial charge is 0.493 e. The molecule has 15 heteroatoms. The Morgan fingerprint density at radius 3 is 2.40 bits per heavy atom. The molecule has 2 aliphatic rings. The summed E-state index contributed by atoms with van der Waals surface area (Å²) in [4.78, 5) is 32.3. The highest BCUT2D eigenvalue weighted by molar-refractivity contribution is 8.29. The van der Waals surface area contributed by atoms with Gasteiger partial charge in [0.25, 0.3) is 16.0 Å². The summed E-state index contributed by atoms with van der Waals surface area (Å²) in [6, 6.07) is 11.9. The van der Waals surface area contributed by atoms with E-state index >= 15 is 0 Å². The maximum atomic E-state index is 13.9. The van der Waals surface area contributed by atoms with Crippen LogP contribution in [-0.2, 0) is 24.4 Å². The van der Waals surface area contributed by atoms with Crippen LogP contribution in [0.3, 0.4) is 0 Å². The molecule has 1 amide bonds. The van der Waals surface area contributed by atoms with Crippen LogP contribution >= 0.6 is 11.8 Å². The number of hydrogen-bond donors (Lipinski definition) is 2. The van der Waals surface area contributed by atoms with Crippen molar-refractivity contribution in [2.45, 2.75) is 17.9 Å². The minimum absolute atomic E-state index is 0.0448. The van der Waals surface area contributed by atoms with Crippen LogP contribution in [0, 0.1) is 0 Å². The molecule has 0 radical (unpaired) electrons. The van der Waals surface area contributed by atoms with Gasteiger partial charge in [-0.25, -0.2) is 9.79 Å². The maximum absolute atomic E-state index is 13.9. The molecule has 43 heavy (non-hydrogen) atoms. The first-order valence-corrected chi connectivity index (χ1v) is 14.8. The molecule has 2 heterocycles. The molecule has 0 aliphatic carbocycles. The van der Waals surface area contributed by atoms with Crippen molar-refractivity contribution in [1.82, 2.24) is 4.90 Å². The van der Waals surface area contributed by atoms with Crippen LogP contribution in [0.2, 0.25) is 0 Å². The minimum atomic E-state index is -4.68. The van der Waals surface area contributed by atoms with E-state index < -0.39 is 28.0 Å². The number of rotatable bonds is 8. The maximum Gasteiger partial charge on any atom is 0.338 e. The summed E-state index contributed by atoms with van der Waals surface area (Å²) < 4.78 is 56.3. The monoisotopic (exact) mass is 626 g/mol. The SMILES string of the molecule is COC(=O)C1=C(C)N=C2S/C(=N\Nc3ccc4ccccc4c3S(=O)(=O)O)C(=O)N2C1c1ccc(OC)c(OC)c1OC. The number of amidine groups is 1. The summed E-state index contributed by atoms with van der Waals surface area (Å²) in [6.07, 6.45) is 0. The van der Waals surface area contributed by atoms with Gasteiger partial charge in [-0.3, -0.25) is 19.7 Å². The van der Waals surface area contributed by atoms with Crippen molar-refractivity contribution in [2.75, 3.05) is 33.9 Å². The zero-order chi connectivity index (χ0) is 31.1. The smallest absolute Gasteiger partial charge is 0.338 e. The predicted octanol–water partition coefficient (Wildman–Crippen LogP) is 3.97. The third-order valence-electron chi connectivity index (χ3n) is 6.83. The lowest BCUT2D eigenvalue weighted by Gasteiger charge is -2.33. The Hall–Kier alpha value is -4.60. The second kappa shape index (κ2) is 11.6. The van der Waals surface area contributed by atoms with E-state index in [0.717, 1.165) is 11.8 Å². The Kier molecular flexibility index (Phi) is 8.05. The number of amides is 1. The molecule has 3 aromatic rings. The summed E-state index contributed by atoms with van der Waals surface area (Å²) in [6.45, 7) is 1.61. The second-order valence-electron chi connectivity index (χ2n) is 9.16. The number of carbonyl (C=O) groups excluding carboxylic acids is 2. The second-order valence-corrected chi connectivity index (χ2v) is 11.5. The minimum Gasteiger partial charge on any atom is -0.493 e. The molecule has 1 fully saturated rings. The van der Waals surface area contributed by atoms with E-state index in [2.05, 4.69) is 15.5 Å². The van der Waals surface area contributed by atoms with Gasteiger partial charge < -0.3 is 18.9 Å². The van der Waals surface area contributed by atoms with Crippen LogP contribution in [0.1, 0.15) is 18.5 Å². The van der Waals surface area contributed by atoms with Crippen molar-refractivity contribution >= 4 is 60.4 Å². The summed E-state index contributed by atoms with van der Waals surface area (Å²) >= 11 is 0.912. The fourth-order valence-electron chi connectivity index (χ4n) is 5.00. The number of carbonyl (C=O) groups is 2. The Morgan fingerprint density at radius 1 is 1.02 bits per heavy atom. The van der Waals surface area contributed by atoms with Crippen LogP contribution in [0.5, 0.6) is 17.2 Å². The number of anilines is 1. The Bertz CT molecular complexity index is 1870. The van der Waals surface area contributed by atoms with Gasteiger partial charge in [-0.15, -0.1) is 0 Å². The van der Waals surface area contributed by atoms with Crippen molar-refractivity contribution in [3.63, 3.8) is 0 Å². The van der Waals surface area contributed by atoms with Crippen molar-refractivity contribution < 1.29 is 41.5 Å². The van der Waals surface area contributed by atoms with Gasteiger partial charge in [-0.2, -0.15) is 13.5 Å². The molecule has 2 aliphatic heterocycles. The van der Waals surface area contributed by atoms with Gasteiger partial charge in [0, 0.05) is 10.9 Å². The number of nitrogens with zero attached hydrogens (tertiary/aromatic N) is 3. The molecular formula is C28H26N4O9S2. The molecular weight excluding hydrogens is 600 g/mol. The standard InChI is InChI=1S/C28H26N4O9S2/c1-14-20(27(34)41-5)21(17-11-13-19(38-2)23(40-4)22(17)39-3)32-26(33)25(42-28(32)29-14)31-30-18-12-10-15-8-6-7-9-16(15)24(18)43(35,36)37/h6-13,21,30H,1-5H3,(H,35,36,37)/b31-25-. The van der Waals surface area contributed by atoms with Gasteiger partial charge in [0.05, 0.1) is 45.4 Å². The molecule has 3 aromatic carbocycles. The van der Waals surface area contributed by atoms with Crippen LogP contribution in [0.4, 0.5) is 5.69 Å². The number of benzene rings is 3. The highest BCUT2D eigenvalue weighted by Crippen LogP contribution is 2.49. The van der Waals surface area contributed by atoms with Gasteiger partial charge in [-0.1, -0.05) is 30.3 Å². The van der Waals surface area contributed by atoms with Crippen LogP contribution in [0.15, 0.2) is 74.8 Å². The van der Waals surface area contributed by atoms with Crippen LogP contribution in [0.25, 0.3) is 10.8 Å². The molecule has 0 saturated carbocycles. The molecule has 5 rings (SSSR count). The zero-order valence-corrected chi connectivity index (χ0v) is 25.2. The van der Waals surface area contributed by atoms with Crippen LogP contribution in [-0.4, -0.2) is 68.4 Å². The van der Waals surface area contributed by atoms with E-state index in [-0.39, 0.29) is 43.3 Å². The number of aliphatic imine (C=N–C) groups is 1. The molecule has 0 aromatic heterocycles. The first-order chi connectivity index (χ1) is 20.5. The van der Waals surface area contributed by atoms with Crippen molar-refractivity contribution in [1.29, 1.82) is 0 Å². The van der Waals surface area contributed by atoms with E-state index in [1.165, 1.54) is 39.4 Å². The molecule has 1 saturated heterocycles. The first-order valence-electron chi connectivity index (χ1n) is 12.6. The molecule has 2 N–H and O–H groups in total. The third kappa shape index (κ3) is 5.15. The number of allylic oxidation sites excluding steroid dienone is 1. The topological polar surface area (TPSA) is 165 Å². The summed E-state index contributed by atoms with van der Waals surface area (Å²) in [7, 11) is 0.850. The Morgan fingerprint density at radius 2 is 1.74 bits per heavy atom. The Labute approximate surface area is 250 Å². The number of esters is 1. The zero-order valence-electron chi connectivity index (χ0n) is 23.6. The lowest BCUT2D eigenvalue weighted by molar-refractivity contribution is -0.137. The van der Waals surface area contributed by atoms with Gasteiger partial charge in [0.15, 0.2) is 21.7 Å². The van der Waals surface area contributed by atoms with Gasteiger partial charge in [0.2, 0.25) is 5.75 Å². The van der Waals surface area contributed by atoms with E-state index in [0.29, 0.717) is 22.4 Å². The summed E-state index contributed by atoms with van der Waals surface area (Å²) in [5, 5.41) is 5.16. The summed E-state index contributed by atoms with van der Waals surface area (Å²) in [5.41, 5.74) is 3.35. The average molecular weight is 627 g/mol. The number of hydrazone groups is 1. The van der Waals surface area contributed by atoms with E-state index in [4.69, 9.17) is 18.9 Å². The normalized spacial score (nSPS) is 17.6. The quantitative estimate of drug-likeness (QED) is 0.211. The number of hydrogen-bond acceptors (Lipinski definition) is 12. The van der Waals surface area contributed by atoms with Crippen molar-refractivity contribution in [3.05, 3.63) is 65.4 Å². The number of ether oxygens (including phenoxy) is 4. The lowest BCUT2D eigenvalue weighted by atomic mass is 9.93. The van der Waals surface area contributed by atoms with Gasteiger partial charge >= 0.3 is 5.97 Å². The lowest BCUT2D eigenvalue weighted by Crippen LogP contribution is -2.40. The molecule has 13 nitrogen and oxygen atoms in total. The van der Waals surface area contributed by atoms with Crippen molar-refractivity contribution in [2.24, 2.45) is 10.1 Å². The highest BCUT2D eigenvalue weighted by atomic mass is 32.2. The number of fused-ring (bicyclic) bond motifs is 2. The van der Waals surface area contributed by atoms with Gasteiger partial charge in [-0.05, 0) is 42.3 Å². The van der Waals surface area contributed by atoms with E-state index in [1.807, 2.05) is 0 Å². The number of nitrogens with one attached hydrogen (secondary N) is 1. The molecule has 0 bridgehead atoms. The average Bonchev–Trinajstić information content (AvgIpc) is 3.31. The van der Waals surface area contributed by atoms with Crippen LogP contribution < -0.4 is 19.6 Å². The fraction of sp³-hybridized carbons (Fsp3) is 0.214. The summed E-state index contributed by atoms with van der Waals surface area (Å²) in [5.74, 6) is -0.514. The van der Waals surface area contributed by atoms with Gasteiger partial charge in [0.1, 0.15) is 10.9 Å². The number of thioether (sulfide) groups is 1. The third-order valence-corrected chi connectivity index (χ3v) is 8.72. The van der Waals surface area contributed by atoms with E-state index in [9.17, 15) is 22.6 Å². The molecule has 224 valence electrons. The fourth-order valence-corrected chi connectivity index (χ4v) is 6.77. The first kappa shape index (κ1) is 29.9. The van der Waals surface area contributed by atoms with Crippen molar-refractivity contribution in [3.8, 4) is 17.2 Å². The molecule has 1 unspecified atom stereocenters. The molecule has 0 spiro atoms. The Balaban J connectivity index is 1.61.